The monoisotopic (exact) mass is 496 g/mol. The van der Waals surface area contributed by atoms with E-state index in [0.717, 1.165) is 72.5 Å². The molecule has 1 atom stereocenters. The molecule has 0 aliphatic carbocycles. The van der Waals surface area contributed by atoms with Gasteiger partial charge < -0.3 is 4.90 Å². The van der Waals surface area contributed by atoms with Crippen molar-refractivity contribution in [1.82, 2.24) is 19.4 Å². The maximum atomic E-state index is 13.3. The zero-order valence-corrected chi connectivity index (χ0v) is 20.9. The number of imidazole rings is 1. The van der Waals surface area contributed by atoms with Crippen LogP contribution in [0.5, 0.6) is 0 Å². The molecule has 2 heterocycles. The molecule has 0 N–H and O–H groups in total. The van der Waals surface area contributed by atoms with Crippen molar-refractivity contribution in [3.63, 3.8) is 0 Å². The van der Waals surface area contributed by atoms with Crippen LogP contribution in [0.4, 0.5) is 0 Å². The number of fused-ring (bicyclic) bond motifs is 1. The number of carbonyl (C=O) groups is 1. The Morgan fingerprint density at radius 3 is 2.78 bits per heavy atom. The zero-order valence-electron chi connectivity index (χ0n) is 19.3. The molecule has 32 heavy (non-hydrogen) atoms. The van der Waals surface area contributed by atoms with Gasteiger partial charge in [0.1, 0.15) is 5.82 Å². The van der Waals surface area contributed by atoms with Crippen molar-refractivity contribution in [3.8, 4) is 5.69 Å². The standard InChI is InChI=1S/C26H33BrN4O/c1-4-14-30(19(2)3)26(32)20-9-8-15-29(17-20)18-25-28-23-12-5-6-13-24(23)31(25)22-11-7-10-21(27)16-22/h5-7,10-13,16,19-20H,4,8-9,14-15,17-18H2,1-3H3/t20-/m1/s1. The predicted octanol–water partition coefficient (Wildman–Crippen LogP) is 5.65. The topological polar surface area (TPSA) is 41.4 Å². The van der Waals surface area contributed by atoms with E-state index in [0.29, 0.717) is 5.91 Å². The van der Waals surface area contributed by atoms with E-state index in [1.807, 2.05) is 12.1 Å². The highest BCUT2D eigenvalue weighted by atomic mass is 79.9. The third kappa shape index (κ3) is 4.91. The van der Waals surface area contributed by atoms with Crippen LogP contribution >= 0.6 is 15.9 Å². The van der Waals surface area contributed by atoms with Crippen LogP contribution in [0.3, 0.4) is 0 Å². The van der Waals surface area contributed by atoms with Gasteiger partial charge in [-0.1, -0.05) is 41.1 Å². The second-order valence-electron chi connectivity index (χ2n) is 9.03. The Kier molecular flexibility index (Phi) is 7.31. The van der Waals surface area contributed by atoms with Crippen LogP contribution in [0.25, 0.3) is 16.7 Å². The van der Waals surface area contributed by atoms with E-state index in [1.54, 1.807) is 0 Å². The summed E-state index contributed by atoms with van der Waals surface area (Å²) in [5, 5.41) is 0. The van der Waals surface area contributed by atoms with Crippen molar-refractivity contribution in [2.24, 2.45) is 5.92 Å². The summed E-state index contributed by atoms with van der Waals surface area (Å²) in [6, 6.07) is 16.9. The molecule has 0 bridgehead atoms. The molecular formula is C26H33BrN4O. The first-order chi connectivity index (χ1) is 15.5. The van der Waals surface area contributed by atoms with Crippen LogP contribution in [0, 0.1) is 5.92 Å². The molecule has 3 aromatic rings. The molecule has 1 aliphatic rings. The highest BCUT2D eigenvalue weighted by Crippen LogP contribution is 2.27. The highest BCUT2D eigenvalue weighted by Gasteiger charge is 2.30. The Bertz CT molecular complexity index is 1080. The summed E-state index contributed by atoms with van der Waals surface area (Å²) in [6.07, 6.45) is 3.02. The SMILES string of the molecule is CCCN(C(=O)[C@@H]1CCCN(Cc2nc3ccccc3n2-c2cccc(Br)c2)C1)C(C)C. The number of hydrogen-bond donors (Lipinski definition) is 0. The smallest absolute Gasteiger partial charge is 0.227 e. The van der Waals surface area contributed by atoms with Crippen LogP contribution in [0.1, 0.15) is 45.9 Å². The van der Waals surface area contributed by atoms with E-state index in [1.165, 1.54) is 0 Å². The minimum atomic E-state index is 0.0707. The summed E-state index contributed by atoms with van der Waals surface area (Å²) in [5.41, 5.74) is 3.21. The Hall–Kier alpha value is -2.18. The van der Waals surface area contributed by atoms with Crippen molar-refractivity contribution < 1.29 is 4.79 Å². The number of benzene rings is 2. The fourth-order valence-electron chi connectivity index (χ4n) is 4.78. The van der Waals surface area contributed by atoms with Gasteiger partial charge in [-0.3, -0.25) is 14.3 Å². The van der Waals surface area contributed by atoms with E-state index in [9.17, 15) is 4.79 Å². The van der Waals surface area contributed by atoms with Crippen LogP contribution in [0.15, 0.2) is 53.0 Å². The number of aromatic nitrogens is 2. The number of halogens is 1. The number of rotatable bonds is 7. The van der Waals surface area contributed by atoms with Crippen molar-refractivity contribution in [2.45, 2.75) is 52.6 Å². The van der Waals surface area contributed by atoms with Gasteiger partial charge in [-0.15, -0.1) is 0 Å². The van der Waals surface area contributed by atoms with Crippen molar-refractivity contribution in [3.05, 3.63) is 58.8 Å². The van der Waals surface area contributed by atoms with Gasteiger partial charge in [-0.2, -0.15) is 0 Å². The molecule has 1 aromatic heterocycles. The van der Waals surface area contributed by atoms with Gasteiger partial charge in [0.2, 0.25) is 5.91 Å². The minimum absolute atomic E-state index is 0.0707. The molecule has 4 rings (SSSR count). The van der Waals surface area contributed by atoms with Gasteiger partial charge in [-0.25, -0.2) is 4.98 Å². The third-order valence-electron chi connectivity index (χ3n) is 6.29. The van der Waals surface area contributed by atoms with Crippen molar-refractivity contribution in [1.29, 1.82) is 0 Å². The Balaban J connectivity index is 1.60. The fraction of sp³-hybridized carbons (Fsp3) is 0.462. The van der Waals surface area contributed by atoms with Gasteiger partial charge in [0.25, 0.3) is 0 Å². The molecular weight excluding hydrogens is 464 g/mol. The fourth-order valence-corrected chi connectivity index (χ4v) is 5.17. The maximum Gasteiger partial charge on any atom is 0.227 e. The molecule has 1 fully saturated rings. The third-order valence-corrected chi connectivity index (χ3v) is 6.78. The number of nitrogens with zero attached hydrogens (tertiary/aromatic N) is 4. The Labute approximate surface area is 199 Å². The van der Waals surface area contributed by atoms with E-state index < -0.39 is 0 Å². The summed E-state index contributed by atoms with van der Waals surface area (Å²) in [6.45, 7) is 9.76. The van der Waals surface area contributed by atoms with E-state index in [-0.39, 0.29) is 12.0 Å². The lowest BCUT2D eigenvalue weighted by atomic mass is 9.95. The summed E-state index contributed by atoms with van der Waals surface area (Å²) in [7, 11) is 0. The Morgan fingerprint density at radius 2 is 2.03 bits per heavy atom. The van der Waals surface area contributed by atoms with Crippen LogP contribution in [-0.2, 0) is 11.3 Å². The maximum absolute atomic E-state index is 13.3. The normalized spacial score (nSPS) is 17.2. The summed E-state index contributed by atoms with van der Waals surface area (Å²) >= 11 is 3.61. The predicted molar refractivity (Wildman–Crippen MR) is 134 cm³/mol. The minimum Gasteiger partial charge on any atom is -0.340 e. The van der Waals surface area contributed by atoms with Gasteiger partial charge in [0, 0.05) is 29.3 Å². The van der Waals surface area contributed by atoms with Crippen molar-refractivity contribution in [2.75, 3.05) is 19.6 Å². The molecule has 0 saturated carbocycles. The van der Waals surface area contributed by atoms with Gasteiger partial charge in [0.15, 0.2) is 0 Å². The first-order valence-corrected chi connectivity index (χ1v) is 12.5. The number of likely N-dealkylation sites (tertiary alicyclic amines) is 1. The van der Waals surface area contributed by atoms with E-state index in [4.69, 9.17) is 4.98 Å². The molecule has 2 aromatic carbocycles. The zero-order chi connectivity index (χ0) is 22.7. The molecule has 170 valence electrons. The second kappa shape index (κ2) is 10.2. The van der Waals surface area contributed by atoms with Crippen LogP contribution < -0.4 is 0 Å². The first kappa shape index (κ1) is 23.0. The van der Waals surface area contributed by atoms with Crippen LogP contribution in [-0.4, -0.2) is 50.9 Å². The number of carbonyl (C=O) groups excluding carboxylic acids is 1. The van der Waals surface area contributed by atoms with Gasteiger partial charge in [-0.05, 0) is 70.0 Å². The summed E-state index contributed by atoms with van der Waals surface area (Å²) in [4.78, 5) is 22.7. The molecule has 0 radical (unpaired) electrons. The Morgan fingerprint density at radius 1 is 1.22 bits per heavy atom. The molecule has 0 spiro atoms. The average molecular weight is 497 g/mol. The number of hydrogen-bond acceptors (Lipinski definition) is 3. The van der Waals surface area contributed by atoms with Crippen molar-refractivity contribution >= 4 is 32.9 Å². The molecule has 1 amide bonds. The average Bonchev–Trinajstić information content (AvgIpc) is 3.14. The number of para-hydroxylation sites is 2. The lowest BCUT2D eigenvalue weighted by Crippen LogP contribution is -2.47. The number of amides is 1. The van der Waals surface area contributed by atoms with E-state index >= 15 is 0 Å². The first-order valence-electron chi connectivity index (χ1n) is 11.7. The molecule has 0 unspecified atom stereocenters. The summed E-state index contributed by atoms with van der Waals surface area (Å²) in [5.74, 6) is 1.40. The largest absolute Gasteiger partial charge is 0.340 e. The summed E-state index contributed by atoms with van der Waals surface area (Å²) < 4.78 is 3.30. The van der Waals surface area contributed by atoms with Gasteiger partial charge in [0.05, 0.1) is 23.5 Å². The van der Waals surface area contributed by atoms with E-state index in [2.05, 4.69) is 87.5 Å². The number of piperidine rings is 1. The van der Waals surface area contributed by atoms with Gasteiger partial charge >= 0.3 is 0 Å². The lowest BCUT2D eigenvalue weighted by Gasteiger charge is -2.36. The lowest BCUT2D eigenvalue weighted by molar-refractivity contribution is -0.139. The second-order valence-corrected chi connectivity index (χ2v) is 9.95. The van der Waals surface area contributed by atoms with Crippen LogP contribution in [0.2, 0.25) is 0 Å². The highest BCUT2D eigenvalue weighted by molar-refractivity contribution is 9.10. The molecule has 1 saturated heterocycles. The molecule has 5 nitrogen and oxygen atoms in total. The quantitative estimate of drug-likeness (QED) is 0.424. The molecule has 1 aliphatic heterocycles. The molecule has 6 heteroatoms.